The molecule has 0 saturated carbocycles. The molecule has 4 nitrogen and oxygen atoms in total. The number of phenols is 1. The van der Waals surface area contributed by atoms with Crippen LogP contribution in [-0.4, -0.2) is 13.5 Å². The number of phenolic OH excluding ortho intramolecular Hbond substituents is 1. The molecule has 0 radical (unpaired) electrons. The molecule has 0 bridgehead atoms. The summed E-state index contributed by atoms with van der Waals surface area (Å²) in [5.41, 5.74) is 2.83. The maximum atomic E-state index is 13.0. The molecule has 0 heterocycles. The molecule has 3 aromatic carbocycles. The minimum atomic E-state index is -3.99. The molecule has 26 heavy (non-hydrogen) atoms. The number of para-hydroxylation sites is 1. The maximum Gasteiger partial charge on any atom is 0.263 e. The van der Waals surface area contributed by atoms with Crippen molar-refractivity contribution in [2.75, 3.05) is 4.72 Å². The molecule has 0 unspecified atom stereocenters. The Kier molecular flexibility index (Phi) is 4.94. The topological polar surface area (TPSA) is 66.4 Å². The smallest absolute Gasteiger partial charge is 0.263 e. The Morgan fingerprint density at radius 2 is 1.58 bits per heavy atom. The Labute approximate surface area is 158 Å². The highest BCUT2D eigenvalue weighted by molar-refractivity contribution is 7.93. The molecule has 0 aliphatic carbocycles. The van der Waals surface area contributed by atoms with E-state index in [0.29, 0.717) is 11.3 Å². The lowest BCUT2D eigenvalue weighted by Gasteiger charge is -2.16. The van der Waals surface area contributed by atoms with E-state index in [-0.39, 0.29) is 21.2 Å². The molecule has 2 N–H and O–H groups in total. The van der Waals surface area contributed by atoms with Crippen LogP contribution >= 0.6 is 11.6 Å². The van der Waals surface area contributed by atoms with Gasteiger partial charge in [-0.05, 0) is 37.1 Å². The second-order valence-electron chi connectivity index (χ2n) is 6.00. The van der Waals surface area contributed by atoms with E-state index in [4.69, 9.17) is 11.6 Å². The van der Waals surface area contributed by atoms with Gasteiger partial charge < -0.3 is 5.11 Å². The van der Waals surface area contributed by atoms with Gasteiger partial charge in [-0.25, -0.2) is 8.42 Å². The molecule has 3 aromatic rings. The summed E-state index contributed by atoms with van der Waals surface area (Å²) in [6, 6.07) is 18.1. The van der Waals surface area contributed by atoms with Crippen LogP contribution in [0.4, 0.5) is 5.69 Å². The second kappa shape index (κ2) is 7.02. The van der Waals surface area contributed by atoms with Crippen LogP contribution in [0.2, 0.25) is 5.02 Å². The number of nitrogens with one attached hydrogen (secondary N) is 1. The highest BCUT2D eigenvalue weighted by atomic mass is 35.5. The first-order chi connectivity index (χ1) is 12.3. The molecule has 0 aliphatic rings. The fourth-order valence-corrected chi connectivity index (χ4v) is 4.87. The molecule has 0 aromatic heterocycles. The Morgan fingerprint density at radius 1 is 0.962 bits per heavy atom. The highest BCUT2D eigenvalue weighted by Crippen LogP contribution is 2.36. The van der Waals surface area contributed by atoms with E-state index in [2.05, 4.69) is 4.72 Å². The highest BCUT2D eigenvalue weighted by Gasteiger charge is 2.25. The van der Waals surface area contributed by atoms with Crippen LogP contribution in [0, 0.1) is 13.8 Å². The number of rotatable bonds is 4. The lowest BCUT2D eigenvalue weighted by atomic mass is 10.0. The van der Waals surface area contributed by atoms with Crippen LogP contribution in [0.25, 0.3) is 11.1 Å². The van der Waals surface area contributed by atoms with Crippen molar-refractivity contribution in [3.63, 3.8) is 0 Å². The van der Waals surface area contributed by atoms with E-state index in [9.17, 15) is 13.5 Å². The van der Waals surface area contributed by atoms with Crippen LogP contribution in [0.5, 0.6) is 5.75 Å². The molecule has 0 amide bonds. The predicted molar refractivity (Wildman–Crippen MR) is 105 cm³/mol. The van der Waals surface area contributed by atoms with Crippen LogP contribution in [0.1, 0.15) is 11.1 Å². The van der Waals surface area contributed by atoms with E-state index in [1.54, 1.807) is 19.1 Å². The van der Waals surface area contributed by atoms with E-state index < -0.39 is 10.0 Å². The van der Waals surface area contributed by atoms with Crippen molar-refractivity contribution in [2.24, 2.45) is 0 Å². The largest absolute Gasteiger partial charge is 0.507 e. The first-order valence-electron chi connectivity index (χ1n) is 7.97. The van der Waals surface area contributed by atoms with E-state index in [1.165, 1.54) is 13.0 Å². The van der Waals surface area contributed by atoms with Crippen LogP contribution < -0.4 is 4.72 Å². The van der Waals surface area contributed by atoms with Crippen LogP contribution in [0.3, 0.4) is 0 Å². The lowest BCUT2D eigenvalue weighted by molar-refractivity contribution is 0.464. The zero-order valence-electron chi connectivity index (χ0n) is 14.3. The first-order valence-corrected chi connectivity index (χ1v) is 9.83. The molecular formula is C20H18ClNO3S. The summed E-state index contributed by atoms with van der Waals surface area (Å²) in [6.07, 6.45) is 0. The minimum Gasteiger partial charge on any atom is -0.507 e. The summed E-state index contributed by atoms with van der Waals surface area (Å²) >= 11 is 6.18. The van der Waals surface area contributed by atoms with Crippen molar-refractivity contribution >= 4 is 27.3 Å². The number of hydrogen-bond donors (Lipinski definition) is 2. The molecular weight excluding hydrogens is 370 g/mol. The van der Waals surface area contributed by atoms with Crippen molar-refractivity contribution in [2.45, 2.75) is 18.7 Å². The SMILES string of the molecule is Cc1cc(Cl)c(S(=O)(=O)Nc2ccccc2-c2ccccc2)c(C)c1O. The van der Waals surface area contributed by atoms with Gasteiger partial charge in [0.25, 0.3) is 10.0 Å². The minimum absolute atomic E-state index is 0.0718. The second-order valence-corrected chi connectivity index (χ2v) is 8.02. The number of sulfonamides is 1. The third kappa shape index (κ3) is 3.41. The van der Waals surface area contributed by atoms with Gasteiger partial charge in [0.2, 0.25) is 0 Å². The van der Waals surface area contributed by atoms with Gasteiger partial charge in [0, 0.05) is 11.1 Å². The average Bonchev–Trinajstić information content (AvgIpc) is 2.60. The fraction of sp³-hybridized carbons (Fsp3) is 0.100. The first kappa shape index (κ1) is 18.3. The molecule has 134 valence electrons. The normalized spacial score (nSPS) is 11.3. The number of aryl methyl sites for hydroxylation is 1. The van der Waals surface area contributed by atoms with Gasteiger partial charge in [-0.2, -0.15) is 0 Å². The standard InChI is InChI=1S/C20H18ClNO3S/c1-13-12-17(21)20(14(2)19(13)23)26(24,25)22-18-11-7-6-10-16(18)15-8-4-3-5-9-15/h3-12,22-23H,1-2H3. The predicted octanol–water partition coefficient (Wildman–Crippen LogP) is 5.13. The van der Waals surface area contributed by atoms with Crippen molar-refractivity contribution in [1.29, 1.82) is 0 Å². The van der Waals surface area contributed by atoms with Gasteiger partial charge in [0.15, 0.2) is 0 Å². The quantitative estimate of drug-likeness (QED) is 0.652. The summed E-state index contributed by atoms with van der Waals surface area (Å²) in [6.45, 7) is 3.20. The Bertz CT molecular complexity index is 1060. The molecule has 0 atom stereocenters. The molecule has 0 saturated heterocycles. The maximum absolute atomic E-state index is 13.0. The van der Waals surface area contributed by atoms with E-state index >= 15 is 0 Å². The number of anilines is 1. The van der Waals surface area contributed by atoms with Gasteiger partial charge in [0.1, 0.15) is 10.6 Å². The monoisotopic (exact) mass is 387 g/mol. The number of hydrogen-bond acceptors (Lipinski definition) is 3. The molecule has 0 spiro atoms. The molecule has 6 heteroatoms. The Hall–Kier alpha value is -2.50. The Morgan fingerprint density at radius 3 is 2.27 bits per heavy atom. The summed E-state index contributed by atoms with van der Waals surface area (Å²) in [5, 5.41) is 10.2. The average molecular weight is 388 g/mol. The van der Waals surface area contributed by atoms with E-state index in [1.807, 2.05) is 42.5 Å². The summed E-state index contributed by atoms with van der Waals surface area (Å²) < 4.78 is 28.6. The summed E-state index contributed by atoms with van der Waals surface area (Å²) in [5.74, 6) is -0.0777. The van der Waals surface area contributed by atoms with Crippen LogP contribution in [0.15, 0.2) is 65.6 Å². The summed E-state index contributed by atoms with van der Waals surface area (Å²) in [4.78, 5) is -0.120. The van der Waals surface area contributed by atoms with Crippen LogP contribution in [-0.2, 0) is 10.0 Å². The molecule has 0 aliphatic heterocycles. The zero-order valence-corrected chi connectivity index (χ0v) is 15.9. The molecule has 3 rings (SSSR count). The van der Waals surface area contributed by atoms with Gasteiger partial charge in [-0.3, -0.25) is 4.72 Å². The third-order valence-electron chi connectivity index (χ3n) is 4.15. The number of halogens is 1. The van der Waals surface area contributed by atoms with Gasteiger partial charge in [-0.15, -0.1) is 0 Å². The third-order valence-corrected chi connectivity index (χ3v) is 6.12. The Balaban J connectivity index is 2.10. The van der Waals surface area contributed by atoms with Gasteiger partial charge >= 0.3 is 0 Å². The summed E-state index contributed by atoms with van der Waals surface area (Å²) in [7, 11) is -3.99. The van der Waals surface area contributed by atoms with Crippen molar-refractivity contribution in [3.05, 3.63) is 76.8 Å². The zero-order chi connectivity index (χ0) is 18.9. The number of benzene rings is 3. The number of aromatic hydroxyl groups is 1. The lowest BCUT2D eigenvalue weighted by Crippen LogP contribution is -2.15. The molecule has 0 fully saturated rings. The van der Waals surface area contributed by atoms with Gasteiger partial charge in [0.05, 0.1) is 10.7 Å². The fourth-order valence-electron chi connectivity index (χ4n) is 2.87. The van der Waals surface area contributed by atoms with E-state index in [0.717, 1.165) is 11.1 Å². The van der Waals surface area contributed by atoms with Crippen molar-refractivity contribution in [1.82, 2.24) is 0 Å². The van der Waals surface area contributed by atoms with Crippen molar-refractivity contribution < 1.29 is 13.5 Å². The van der Waals surface area contributed by atoms with Crippen molar-refractivity contribution in [3.8, 4) is 16.9 Å². The van der Waals surface area contributed by atoms with Gasteiger partial charge in [-0.1, -0.05) is 60.1 Å².